The van der Waals surface area contributed by atoms with Gasteiger partial charge >= 0.3 is 0 Å². The highest BCUT2D eigenvalue weighted by Gasteiger charge is 2.18. The Balaban J connectivity index is 1.62. The second kappa shape index (κ2) is 9.22. The summed E-state index contributed by atoms with van der Waals surface area (Å²) < 4.78 is 140. The van der Waals surface area contributed by atoms with Gasteiger partial charge in [0.2, 0.25) is 0 Å². The van der Waals surface area contributed by atoms with Crippen LogP contribution >= 0.6 is 0 Å². The molecular weight excluding hydrogens is 480 g/mol. The molecule has 186 valence electrons. The van der Waals surface area contributed by atoms with Crippen LogP contribution in [0.1, 0.15) is 21.9 Å². The van der Waals surface area contributed by atoms with E-state index in [4.69, 9.17) is 16.4 Å². The molecule has 0 atom stereocenters. The van der Waals surface area contributed by atoms with Gasteiger partial charge in [0.1, 0.15) is 0 Å². The van der Waals surface area contributed by atoms with Crippen LogP contribution in [0.3, 0.4) is 0 Å². The van der Waals surface area contributed by atoms with Crippen molar-refractivity contribution in [3.63, 3.8) is 0 Å². The van der Waals surface area contributed by atoms with Gasteiger partial charge in [0.15, 0.2) is 0 Å². The lowest BCUT2D eigenvalue weighted by molar-refractivity contribution is 1.65. The largest absolute Gasteiger partial charge is 0.0629 e. The van der Waals surface area contributed by atoms with Crippen LogP contribution in [-0.4, -0.2) is 0 Å². The predicted octanol–water partition coefficient (Wildman–Crippen LogP) is 11.3. The number of hydrogen-bond acceptors (Lipinski definition) is 0. The van der Waals surface area contributed by atoms with Crippen molar-refractivity contribution in [2.75, 3.05) is 0 Å². The van der Waals surface area contributed by atoms with E-state index in [1.54, 1.807) is 54.6 Å². The fourth-order valence-corrected chi connectivity index (χ4v) is 5.45. The van der Waals surface area contributed by atoms with Crippen molar-refractivity contribution in [1.29, 1.82) is 0 Å². The average molecular weight is 523 g/mol. The number of hydrogen-bond donors (Lipinski definition) is 0. The molecule has 0 heterocycles. The highest BCUT2D eigenvalue weighted by atomic mass is 14.2. The Hall–Kier alpha value is -5.20. The fraction of sp³-hybridized carbons (Fsp3) is 0. The lowest BCUT2D eigenvalue weighted by Gasteiger charge is -2.19. The fourth-order valence-electron chi connectivity index (χ4n) is 5.45. The second-order valence-corrected chi connectivity index (χ2v) is 9.29. The summed E-state index contributed by atoms with van der Waals surface area (Å²) in [6.07, 6.45) is 0. The maximum Gasteiger partial charge on any atom is 0.0629 e. The molecule has 8 rings (SSSR count). The van der Waals surface area contributed by atoms with Crippen LogP contribution in [0.15, 0.2) is 157 Å². The summed E-state index contributed by atoms with van der Waals surface area (Å²) in [4.78, 5) is 0. The van der Waals surface area contributed by atoms with Gasteiger partial charge in [0.05, 0.1) is 21.9 Å². The van der Waals surface area contributed by atoms with Crippen LogP contribution in [0.2, 0.25) is 0 Å². The van der Waals surface area contributed by atoms with Gasteiger partial charge in [0, 0.05) is 0 Å². The van der Waals surface area contributed by atoms with Gasteiger partial charge in [-0.3, -0.25) is 0 Å². The standard InChI is InChI=1S/C40H26/c1-2-13-28(14-3-1)39-35-16-6-8-18-37(35)40(38-19-9-7-17-36(38)39)34-23-11-21-32-31(20-10-22-33(32)34)30-25-24-27-12-4-5-15-29(27)26-30/h1-26H/i1D,2D,3D,4D,5D,6D,7D,8D,9D,13D,14D,16D,17D,18D,19D,25D. The van der Waals surface area contributed by atoms with Crippen LogP contribution in [-0.2, 0) is 0 Å². The molecule has 8 aromatic carbocycles. The van der Waals surface area contributed by atoms with Crippen LogP contribution in [0.5, 0.6) is 0 Å². The van der Waals surface area contributed by atoms with Crippen molar-refractivity contribution in [2.24, 2.45) is 0 Å². The predicted molar refractivity (Wildman–Crippen MR) is 173 cm³/mol. The van der Waals surface area contributed by atoms with E-state index in [1.807, 2.05) is 0 Å². The third-order valence-corrected chi connectivity index (χ3v) is 7.16. The molecule has 0 radical (unpaired) electrons. The van der Waals surface area contributed by atoms with Crippen LogP contribution in [0, 0.1) is 0 Å². The molecule has 0 bridgehead atoms. The van der Waals surface area contributed by atoms with Crippen molar-refractivity contribution in [3.05, 3.63) is 157 Å². The molecular formula is C40H26. The first kappa shape index (κ1) is 11.9. The minimum atomic E-state index is -0.740. The summed E-state index contributed by atoms with van der Waals surface area (Å²) in [5.74, 6) is 0. The molecule has 0 saturated heterocycles. The Bertz CT molecular complexity index is 2990. The molecule has 0 aliphatic carbocycles. The topological polar surface area (TPSA) is 0 Å². The zero-order valence-electron chi connectivity index (χ0n) is 36.8. The molecule has 0 fully saturated rings. The molecule has 0 heteroatoms. The van der Waals surface area contributed by atoms with Crippen molar-refractivity contribution in [2.45, 2.75) is 0 Å². The first-order chi connectivity index (χ1) is 26.5. The summed E-state index contributed by atoms with van der Waals surface area (Å²) >= 11 is 0. The lowest BCUT2D eigenvalue weighted by atomic mass is 9.84. The number of fused-ring (bicyclic) bond motifs is 4. The molecule has 0 unspecified atom stereocenters. The zero-order valence-corrected chi connectivity index (χ0v) is 20.8. The van der Waals surface area contributed by atoms with Gasteiger partial charge in [-0.2, -0.15) is 0 Å². The SMILES string of the molecule is [2H]c1cc2cc([2H])c(-c3cccc4c(-c5c6c([2H])c([2H])c([2H])c([2H])c6c(-c6c([2H])c([2H])c([2H])c([2H])c6[2H])c6c([2H])c([2H])c([2H])c([2H])c56)cccc34)cc2cc1[2H]. The van der Waals surface area contributed by atoms with Crippen molar-refractivity contribution in [1.82, 2.24) is 0 Å². The van der Waals surface area contributed by atoms with Gasteiger partial charge in [-0.25, -0.2) is 0 Å². The summed E-state index contributed by atoms with van der Waals surface area (Å²) in [6, 6.07) is 8.20. The van der Waals surface area contributed by atoms with Crippen molar-refractivity contribution >= 4 is 43.1 Å². The first-order valence-corrected chi connectivity index (χ1v) is 12.5. The molecule has 0 spiro atoms. The van der Waals surface area contributed by atoms with Crippen LogP contribution in [0.4, 0.5) is 0 Å². The van der Waals surface area contributed by atoms with E-state index in [9.17, 15) is 5.48 Å². The molecule has 0 nitrogen and oxygen atoms in total. The van der Waals surface area contributed by atoms with E-state index in [1.165, 1.54) is 6.07 Å². The van der Waals surface area contributed by atoms with Gasteiger partial charge < -0.3 is 0 Å². The molecule has 0 aromatic heterocycles. The maximum absolute atomic E-state index is 9.28. The van der Waals surface area contributed by atoms with Crippen LogP contribution in [0.25, 0.3) is 76.5 Å². The monoisotopic (exact) mass is 522 g/mol. The summed E-state index contributed by atoms with van der Waals surface area (Å²) in [6.45, 7) is 0. The van der Waals surface area contributed by atoms with Gasteiger partial charge in [-0.15, -0.1) is 0 Å². The third-order valence-electron chi connectivity index (χ3n) is 7.16. The van der Waals surface area contributed by atoms with Crippen LogP contribution < -0.4 is 0 Å². The quantitative estimate of drug-likeness (QED) is 0.202. The van der Waals surface area contributed by atoms with E-state index >= 15 is 0 Å². The molecule has 0 aliphatic heterocycles. The van der Waals surface area contributed by atoms with E-state index in [0.29, 0.717) is 38.2 Å². The Morgan fingerprint density at radius 3 is 1.57 bits per heavy atom. The van der Waals surface area contributed by atoms with Crippen molar-refractivity contribution < 1.29 is 21.9 Å². The highest BCUT2D eigenvalue weighted by Crippen LogP contribution is 2.46. The number of benzene rings is 8. The van der Waals surface area contributed by atoms with E-state index in [-0.39, 0.29) is 50.8 Å². The number of rotatable bonds is 3. The Morgan fingerprint density at radius 2 is 0.900 bits per heavy atom. The Labute approximate surface area is 256 Å². The summed E-state index contributed by atoms with van der Waals surface area (Å²) in [5, 5.41) is 1.36. The minimum Gasteiger partial charge on any atom is -0.0622 e. The molecule has 0 saturated carbocycles. The first-order valence-electron chi connectivity index (χ1n) is 20.5. The molecule has 0 N–H and O–H groups in total. The second-order valence-electron chi connectivity index (χ2n) is 9.29. The minimum absolute atomic E-state index is 0.0132. The van der Waals surface area contributed by atoms with Gasteiger partial charge in [0.25, 0.3) is 0 Å². The normalized spacial score (nSPS) is 17.1. The molecule has 8 aromatic rings. The Kier molecular flexibility index (Phi) is 2.74. The van der Waals surface area contributed by atoms with Gasteiger partial charge in [-0.05, 0) is 82.5 Å². The van der Waals surface area contributed by atoms with E-state index in [0.717, 1.165) is 0 Å². The molecule has 0 aliphatic rings. The van der Waals surface area contributed by atoms with E-state index in [2.05, 4.69) is 0 Å². The zero-order chi connectivity index (χ0) is 40.4. The molecule has 40 heavy (non-hydrogen) atoms. The molecule has 0 amide bonds. The lowest BCUT2D eigenvalue weighted by Crippen LogP contribution is -1.92. The summed E-state index contributed by atoms with van der Waals surface area (Å²) in [5.41, 5.74) is 0.565. The average Bonchev–Trinajstić information content (AvgIpc) is 3.18. The maximum atomic E-state index is 9.28. The smallest absolute Gasteiger partial charge is 0.0622 e. The van der Waals surface area contributed by atoms with Gasteiger partial charge in [-0.1, -0.05) is 151 Å². The van der Waals surface area contributed by atoms with E-state index < -0.39 is 84.1 Å². The Morgan fingerprint density at radius 1 is 0.350 bits per heavy atom. The van der Waals surface area contributed by atoms with Crippen molar-refractivity contribution in [3.8, 4) is 33.4 Å². The highest BCUT2D eigenvalue weighted by molar-refractivity contribution is 6.24. The summed E-state index contributed by atoms with van der Waals surface area (Å²) in [7, 11) is 0. The third kappa shape index (κ3) is 3.54.